The molecule has 0 radical (unpaired) electrons. The van der Waals surface area contributed by atoms with Gasteiger partial charge < -0.3 is 0 Å². The minimum Gasteiger partial charge on any atom is -0.247 e. The molecule has 1 unspecified atom stereocenters. The molecular weight excluding hydrogens is 372 g/mol. The monoisotopic (exact) mass is 386 g/mol. The van der Waals surface area contributed by atoms with Gasteiger partial charge in [0, 0.05) is 19.0 Å². The Labute approximate surface area is 147 Å². The van der Waals surface area contributed by atoms with Gasteiger partial charge >= 0.3 is 6.18 Å². The number of primary sulfonamides is 1. The molecule has 1 atom stereocenters. The lowest BCUT2D eigenvalue weighted by molar-refractivity contribution is -0.137. The Morgan fingerprint density at radius 2 is 1.50 bits per heavy atom. The quantitative estimate of drug-likeness (QED) is 0.816. The van der Waals surface area contributed by atoms with Crippen LogP contribution in [0.15, 0.2) is 47.6 Å². The molecule has 1 heterocycles. The van der Waals surface area contributed by atoms with Crippen LogP contribution < -0.4 is 5.14 Å². The van der Waals surface area contributed by atoms with E-state index in [2.05, 4.69) is 4.98 Å². The number of allylic oxidation sites excluding steroid dienone is 2. The summed E-state index contributed by atoms with van der Waals surface area (Å²) in [6, 6.07) is 7.20. The lowest BCUT2D eigenvalue weighted by Gasteiger charge is -2.10. The van der Waals surface area contributed by atoms with Gasteiger partial charge in [0.05, 0.1) is 5.56 Å². The zero-order valence-electron chi connectivity index (χ0n) is 13.3. The second-order valence-electron chi connectivity index (χ2n) is 5.97. The molecule has 0 amide bonds. The van der Waals surface area contributed by atoms with Gasteiger partial charge in [0.25, 0.3) is 10.0 Å². The summed E-state index contributed by atoms with van der Waals surface area (Å²) in [6.07, 6.45) is -4.19. The van der Waals surface area contributed by atoms with Crippen molar-refractivity contribution in [3.63, 3.8) is 0 Å². The largest absolute Gasteiger partial charge is 0.416 e. The number of sulfonamides is 1. The Bertz CT molecular complexity index is 950. The van der Waals surface area contributed by atoms with Crippen molar-refractivity contribution in [3.8, 4) is 0 Å². The van der Waals surface area contributed by atoms with Crippen LogP contribution in [0.1, 0.15) is 29.5 Å². The molecular formula is C17H14F4N2O2S. The molecule has 0 aliphatic heterocycles. The van der Waals surface area contributed by atoms with Gasteiger partial charge in [-0.05, 0) is 40.5 Å². The van der Waals surface area contributed by atoms with E-state index in [-0.39, 0.29) is 17.9 Å². The van der Waals surface area contributed by atoms with Crippen LogP contribution in [0, 0.1) is 0 Å². The van der Waals surface area contributed by atoms with Crippen molar-refractivity contribution in [2.45, 2.75) is 30.2 Å². The maximum atomic E-state index is 14.0. The number of halogens is 4. The summed E-state index contributed by atoms with van der Waals surface area (Å²) < 4.78 is 74.6. The Morgan fingerprint density at radius 3 is 1.96 bits per heavy atom. The number of nitrogens with zero attached hydrogens (tertiary/aromatic N) is 1. The first-order chi connectivity index (χ1) is 12.1. The molecule has 1 aliphatic rings. The third-order valence-corrected chi connectivity index (χ3v) is 4.98. The summed E-state index contributed by atoms with van der Waals surface area (Å²) in [5.74, 6) is 0. The number of pyridine rings is 1. The Morgan fingerprint density at radius 1 is 0.962 bits per heavy atom. The number of alkyl halides is 4. The van der Waals surface area contributed by atoms with Crippen molar-refractivity contribution in [2.75, 3.05) is 0 Å². The van der Waals surface area contributed by atoms with Crippen molar-refractivity contribution in [1.29, 1.82) is 0 Å². The summed E-state index contributed by atoms with van der Waals surface area (Å²) in [7, 11) is -3.95. The van der Waals surface area contributed by atoms with Crippen molar-refractivity contribution < 1.29 is 26.0 Å². The first-order valence-electron chi connectivity index (χ1n) is 7.58. The Kier molecular flexibility index (Phi) is 4.61. The Balaban J connectivity index is 2.00. The molecule has 0 saturated heterocycles. The van der Waals surface area contributed by atoms with Gasteiger partial charge in [0.1, 0.15) is 6.17 Å². The lowest BCUT2D eigenvalue weighted by atomic mass is 9.97. The van der Waals surface area contributed by atoms with E-state index in [0.717, 1.165) is 12.1 Å². The first kappa shape index (κ1) is 18.5. The number of benzene rings is 1. The number of hydrogen-bond acceptors (Lipinski definition) is 3. The third kappa shape index (κ3) is 3.78. The van der Waals surface area contributed by atoms with E-state index in [1.54, 1.807) is 0 Å². The van der Waals surface area contributed by atoms with E-state index in [4.69, 9.17) is 5.14 Å². The van der Waals surface area contributed by atoms with E-state index < -0.39 is 27.9 Å². The second-order valence-corrected chi connectivity index (χ2v) is 7.48. The summed E-state index contributed by atoms with van der Waals surface area (Å²) in [6.45, 7) is 0. The van der Waals surface area contributed by atoms with E-state index in [1.807, 2.05) is 0 Å². The van der Waals surface area contributed by atoms with Crippen molar-refractivity contribution in [3.05, 3.63) is 59.3 Å². The number of aromatic nitrogens is 1. The standard InChI is InChI=1S/C17H14F4N2O2S/c18-13-7-14(10-1-4-12(5-2-10)17(19,20)21)15(8-13)11-3-6-16(23-9-11)26(22,24)25/h1-6,9,13H,7-8H2,(H2,22,24,25). The molecule has 26 heavy (non-hydrogen) atoms. The molecule has 0 fully saturated rings. The van der Waals surface area contributed by atoms with Gasteiger partial charge in [-0.15, -0.1) is 0 Å². The molecule has 1 aromatic heterocycles. The number of rotatable bonds is 3. The fraction of sp³-hybridized carbons (Fsp3) is 0.235. The summed E-state index contributed by atoms with van der Waals surface area (Å²) in [5.41, 5.74) is 1.38. The van der Waals surface area contributed by atoms with E-state index in [0.29, 0.717) is 22.3 Å². The van der Waals surface area contributed by atoms with E-state index in [1.165, 1.54) is 30.5 Å². The fourth-order valence-corrected chi connectivity index (χ4v) is 3.39. The maximum absolute atomic E-state index is 14.0. The molecule has 1 aliphatic carbocycles. The van der Waals surface area contributed by atoms with Crippen LogP contribution in [-0.2, 0) is 16.2 Å². The highest BCUT2D eigenvalue weighted by molar-refractivity contribution is 7.89. The Hall–Kier alpha value is -2.26. The maximum Gasteiger partial charge on any atom is 0.416 e. The van der Waals surface area contributed by atoms with E-state index in [9.17, 15) is 26.0 Å². The lowest BCUT2D eigenvalue weighted by Crippen LogP contribution is -2.13. The first-order valence-corrected chi connectivity index (χ1v) is 9.13. The molecule has 3 rings (SSSR count). The van der Waals surface area contributed by atoms with Crippen LogP contribution in [0.25, 0.3) is 11.1 Å². The minimum atomic E-state index is -4.44. The van der Waals surface area contributed by atoms with Crippen LogP contribution in [0.3, 0.4) is 0 Å². The SMILES string of the molecule is NS(=O)(=O)c1ccc(C2=C(c3ccc(C(F)(F)F)cc3)CC(F)C2)cn1. The number of nitrogens with two attached hydrogens (primary N) is 1. The zero-order valence-corrected chi connectivity index (χ0v) is 14.1. The highest BCUT2D eigenvalue weighted by Gasteiger charge is 2.31. The third-order valence-electron chi connectivity index (χ3n) is 4.15. The van der Waals surface area contributed by atoms with Gasteiger partial charge in [-0.25, -0.2) is 22.9 Å². The molecule has 2 aromatic rings. The van der Waals surface area contributed by atoms with Gasteiger partial charge in [0.15, 0.2) is 5.03 Å². The predicted molar refractivity (Wildman–Crippen MR) is 88.0 cm³/mol. The van der Waals surface area contributed by atoms with Crippen LogP contribution in [0.5, 0.6) is 0 Å². The van der Waals surface area contributed by atoms with Gasteiger partial charge in [0.2, 0.25) is 0 Å². The summed E-state index contributed by atoms with van der Waals surface area (Å²) >= 11 is 0. The smallest absolute Gasteiger partial charge is 0.247 e. The number of hydrogen-bond donors (Lipinski definition) is 1. The normalized spacial score (nSPS) is 18.4. The van der Waals surface area contributed by atoms with Gasteiger partial charge in [-0.1, -0.05) is 18.2 Å². The average molecular weight is 386 g/mol. The molecule has 0 bridgehead atoms. The minimum absolute atomic E-state index is 0.0671. The van der Waals surface area contributed by atoms with Crippen LogP contribution >= 0.6 is 0 Å². The molecule has 9 heteroatoms. The molecule has 0 saturated carbocycles. The molecule has 2 N–H and O–H groups in total. The topological polar surface area (TPSA) is 73.1 Å². The van der Waals surface area contributed by atoms with Crippen LogP contribution in [0.2, 0.25) is 0 Å². The molecule has 0 spiro atoms. The van der Waals surface area contributed by atoms with Gasteiger partial charge in [-0.2, -0.15) is 13.2 Å². The highest BCUT2D eigenvalue weighted by atomic mass is 32.2. The predicted octanol–water partition coefficient (Wildman–Crippen LogP) is 3.79. The summed E-state index contributed by atoms with van der Waals surface area (Å²) in [4.78, 5) is 3.78. The molecule has 4 nitrogen and oxygen atoms in total. The van der Waals surface area contributed by atoms with Crippen molar-refractivity contribution >= 4 is 21.2 Å². The van der Waals surface area contributed by atoms with Crippen LogP contribution in [0.4, 0.5) is 17.6 Å². The van der Waals surface area contributed by atoms with Crippen molar-refractivity contribution in [1.82, 2.24) is 4.98 Å². The second kappa shape index (κ2) is 6.48. The molecule has 1 aromatic carbocycles. The van der Waals surface area contributed by atoms with E-state index >= 15 is 0 Å². The van der Waals surface area contributed by atoms with Crippen LogP contribution in [-0.4, -0.2) is 19.6 Å². The van der Waals surface area contributed by atoms with Crippen molar-refractivity contribution in [2.24, 2.45) is 5.14 Å². The molecule has 138 valence electrons. The zero-order chi connectivity index (χ0) is 19.1. The van der Waals surface area contributed by atoms with Gasteiger partial charge in [-0.3, -0.25) is 0 Å². The average Bonchev–Trinajstić information content (AvgIpc) is 2.95. The highest BCUT2D eigenvalue weighted by Crippen LogP contribution is 2.41. The summed E-state index contributed by atoms with van der Waals surface area (Å²) in [5, 5.41) is 4.68. The fourth-order valence-electron chi connectivity index (χ4n) is 2.93.